The molecule has 4 heteroatoms. The first-order valence-electron chi connectivity index (χ1n) is 6.98. The lowest BCUT2D eigenvalue weighted by atomic mass is 10.0. The Kier molecular flexibility index (Phi) is 5.75. The van der Waals surface area contributed by atoms with Crippen LogP contribution in [0.1, 0.15) is 57.9 Å². The molecule has 0 amide bonds. The minimum absolute atomic E-state index is 0.0404. The largest absolute Gasteiger partial charge is 0.473 e. The number of nitrogens with zero attached hydrogens (tertiary/aromatic N) is 3. The van der Waals surface area contributed by atoms with E-state index in [1.807, 2.05) is 20.8 Å². The molecule has 0 saturated carbocycles. The Morgan fingerprint density at radius 3 is 2.32 bits per heavy atom. The van der Waals surface area contributed by atoms with Gasteiger partial charge in [-0.1, -0.05) is 27.7 Å². The summed E-state index contributed by atoms with van der Waals surface area (Å²) < 4.78 is 5.79. The van der Waals surface area contributed by atoms with Crippen molar-refractivity contribution in [2.45, 2.75) is 60.0 Å². The van der Waals surface area contributed by atoms with Crippen LogP contribution in [-0.4, -0.2) is 16.3 Å². The van der Waals surface area contributed by atoms with E-state index in [0.717, 1.165) is 30.5 Å². The summed E-state index contributed by atoms with van der Waals surface area (Å²) in [6.07, 6.45) is 2.53. The predicted molar refractivity (Wildman–Crippen MR) is 75.0 cm³/mol. The fourth-order valence-corrected chi connectivity index (χ4v) is 2.25. The zero-order valence-corrected chi connectivity index (χ0v) is 12.5. The van der Waals surface area contributed by atoms with Gasteiger partial charge in [0, 0.05) is 0 Å². The van der Waals surface area contributed by atoms with Crippen molar-refractivity contribution in [3.8, 4) is 11.9 Å². The lowest BCUT2D eigenvalue weighted by Gasteiger charge is -2.17. The van der Waals surface area contributed by atoms with Crippen molar-refractivity contribution in [3.05, 3.63) is 16.8 Å². The summed E-state index contributed by atoms with van der Waals surface area (Å²) in [7, 11) is 0. The predicted octanol–water partition coefficient (Wildman–Crippen LogP) is 3.29. The molecule has 4 nitrogen and oxygen atoms in total. The van der Waals surface area contributed by atoms with E-state index >= 15 is 0 Å². The molecule has 0 aliphatic carbocycles. The average Bonchev–Trinajstić information content (AvgIpc) is 2.36. The lowest BCUT2D eigenvalue weighted by Crippen LogP contribution is -2.17. The Hall–Kier alpha value is -1.63. The minimum Gasteiger partial charge on any atom is -0.473 e. The first kappa shape index (κ1) is 15.4. The van der Waals surface area contributed by atoms with Crippen molar-refractivity contribution in [1.82, 2.24) is 10.2 Å². The first-order valence-corrected chi connectivity index (χ1v) is 6.98. The minimum atomic E-state index is 0.0404. The number of hydrogen-bond donors (Lipinski definition) is 0. The Balaban J connectivity index is 3.05. The molecule has 0 aliphatic rings. The quantitative estimate of drug-likeness (QED) is 0.788. The average molecular weight is 261 g/mol. The second-order valence-corrected chi connectivity index (χ2v) is 5.18. The van der Waals surface area contributed by atoms with Crippen molar-refractivity contribution < 1.29 is 4.74 Å². The molecule has 1 aromatic rings. The van der Waals surface area contributed by atoms with E-state index in [-0.39, 0.29) is 6.10 Å². The standard InChI is InChI=1S/C15H23N3O/c1-6-12-13(9-16)15(18-17-14(12)7-2)19-11(5)8-10(3)4/h10-11H,6-8H2,1-5H3. The van der Waals surface area contributed by atoms with Gasteiger partial charge in [-0.15, -0.1) is 5.10 Å². The Morgan fingerprint density at radius 2 is 1.84 bits per heavy atom. The summed E-state index contributed by atoms with van der Waals surface area (Å²) in [5.74, 6) is 0.929. The monoisotopic (exact) mass is 261 g/mol. The zero-order valence-electron chi connectivity index (χ0n) is 12.5. The van der Waals surface area contributed by atoms with Gasteiger partial charge in [0.05, 0.1) is 11.8 Å². The molecule has 0 aromatic carbocycles. The summed E-state index contributed by atoms with van der Waals surface area (Å²) >= 11 is 0. The smallest absolute Gasteiger partial charge is 0.252 e. The van der Waals surface area contributed by atoms with E-state index in [0.29, 0.717) is 17.4 Å². The highest BCUT2D eigenvalue weighted by molar-refractivity contribution is 5.46. The number of nitriles is 1. The molecule has 1 heterocycles. The van der Waals surface area contributed by atoms with Gasteiger partial charge < -0.3 is 4.74 Å². The van der Waals surface area contributed by atoms with Gasteiger partial charge in [-0.05, 0) is 37.7 Å². The maximum atomic E-state index is 9.35. The highest BCUT2D eigenvalue weighted by Gasteiger charge is 2.17. The van der Waals surface area contributed by atoms with Crippen LogP contribution in [0.3, 0.4) is 0 Å². The van der Waals surface area contributed by atoms with E-state index in [2.05, 4.69) is 30.1 Å². The Bertz CT molecular complexity index is 463. The Morgan fingerprint density at radius 1 is 1.16 bits per heavy atom. The van der Waals surface area contributed by atoms with Crippen molar-refractivity contribution in [2.24, 2.45) is 5.92 Å². The van der Waals surface area contributed by atoms with Gasteiger partial charge in [0.1, 0.15) is 11.6 Å². The van der Waals surface area contributed by atoms with E-state index in [1.54, 1.807) is 0 Å². The summed E-state index contributed by atoms with van der Waals surface area (Å²) in [5, 5.41) is 17.6. The van der Waals surface area contributed by atoms with Gasteiger partial charge in [0.25, 0.3) is 5.88 Å². The van der Waals surface area contributed by atoms with Gasteiger partial charge >= 0.3 is 0 Å². The molecular formula is C15H23N3O. The van der Waals surface area contributed by atoms with Crippen molar-refractivity contribution in [3.63, 3.8) is 0 Å². The van der Waals surface area contributed by atoms with Gasteiger partial charge in [-0.3, -0.25) is 0 Å². The molecule has 0 N–H and O–H groups in total. The highest BCUT2D eigenvalue weighted by atomic mass is 16.5. The zero-order chi connectivity index (χ0) is 14.4. The van der Waals surface area contributed by atoms with Crippen molar-refractivity contribution in [2.75, 3.05) is 0 Å². The molecule has 19 heavy (non-hydrogen) atoms. The van der Waals surface area contributed by atoms with Crippen molar-refractivity contribution in [1.29, 1.82) is 5.26 Å². The van der Waals surface area contributed by atoms with Gasteiger partial charge in [-0.25, -0.2) is 0 Å². The maximum absolute atomic E-state index is 9.35. The summed E-state index contributed by atoms with van der Waals surface area (Å²) in [4.78, 5) is 0. The molecular weight excluding hydrogens is 238 g/mol. The summed E-state index contributed by atoms with van der Waals surface area (Å²) in [5.41, 5.74) is 2.40. The van der Waals surface area contributed by atoms with Crippen LogP contribution in [0.15, 0.2) is 0 Å². The van der Waals surface area contributed by atoms with E-state index in [4.69, 9.17) is 4.74 Å². The molecule has 1 atom stereocenters. The van der Waals surface area contributed by atoms with Crippen LogP contribution in [0.4, 0.5) is 0 Å². The van der Waals surface area contributed by atoms with Crippen molar-refractivity contribution >= 4 is 0 Å². The molecule has 0 spiro atoms. The van der Waals surface area contributed by atoms with Crippen LogP contribution in [0.2, 0.25) is 0 Å². The third kappa shape index (κ3) is 3.92. The summed E-state index contributed by atoms with van der Waals surface area (Å²) in [6, 6.07) is 2.22. The number of ether oxygens (including phenoxy) is 1. The molecule has 104 valence electrons. The van der Waals surface area contributed by atoms with Crippen LogP contribution < -0.4 is 4.74 Å². The topological polar surface area (TPSA) is 58.8 Å². The molecule has 0 fully saturated rings. The molecule has 1 aromatic heterocycles. The van der Waals surface area contributed by atoms with Gasteiger partial charge in [0.2, 0.25) is 0 Å². The molecule has 0 bridgehead atoms. The van der Waals surface area contributed by atoms with E-state index in [9.17, 15) is 5.26 Å². The Labute approximate surface area is 115 Å². The van der Waals surface area contributed by atoms with E-state index < -0.39 is 0 Å². The third-order valence-corrected chi connectivity index (χ3v) is 3.04. The molecule has 0 saturated heterocycles. The van der Waals surface area contributed by atoms with Gasteiger partial charge in [0.15, 0.2) is 0 Å². The normalized spacial score (nSPS) is 12.3. The third-order valence-electron chi connectivity index (χ3n) is 3.04. The molecule has 0 aliphatic heterocycles. The fraction of sp³-hybridized carbons (Fsp3) is 0.667. The highest BCUT2D eigenvalue weighted by Crippen LogP contribution is 2.23. The lowest BCUT2D eigenvalue weighted by molar-refractivity contribution is 0.182. The SMILES string of the molecule is CCc1nnc(OC(C)CC(C)C)c(C#N)c1CC. The van der Waals surface area contributed by atoms with Crippen LogP contribution in [0.5, 0.6) is 5.88 Å². The van der Waals surface area contributed by atoms with Gasteiger partial charge in [-0.2, -0.15) is 10.4 Å². The van der Waals surface area contributed by atoms with Crippen LogP contribution in [0, 0.1) is 17.2 Å². The molecule has 0 radical (unpaired) electrons. The molecule has 1 rings (SSSR count). The number of aromatic nitrogens is 2. The number of aryl methyl sites for hydroxylation is 1. The maximum Gasteiger partial charge on any atom is 0.252 e. The van der Waals surface area contributed by atoms with Crippen LogP contribution in [-0.2, 0) is 12.8 Å². The van der Waals surface area contributed by atoms with Crippen LogP contribution >= 0.6 is 0 Å². The summed E-state index contributed by atoms with van der Waals surface area (Å²) in [6.45, 7) is 10.3. The van der Waals surface area contributed by atoms with E-state index in [1.165, 1.54) is 0 Å². The van der Waals surface area contributed by atoms with Crippen LogP contribution in [0.25, 0.3) is 0 Å². The number of hydrogen-bond acceptors (Lipinski definition) is 4. The second kappa shape index (κ2) is 7.08. The fourth-order valence-electron chi connectivity index (χ4n) is 2.25. The first-order chi connectivity index (χ1) is 9.03. The molecule has 1 unspecified atom stereocenters. The second-order valence-electron chi connectivity index (χ2n) is 5.18. The number of rotatable bonds is 6.